The fourth-order valence-corrected chi connectivity index (χ4v) is 2.22. The third kappa shape index (κ3) is 2.49. The van der Waals surface area contributed by atoms with Gasteiger partial charge in [0.15, 0.2) is 0 Å². The molecule has 0 saturated carbocycles. The van der Waals surface area contributed by atoms with Crippen LogP contribution in [0.4, 0.5) is 8.78 Å². The average molecular weight is 364 g/mol. The quantitative estimate of drug-likeness (QED) is 0.636. The van der Waals surface area contributed by atoms with Gasteiger partial charge in [-0.05, 0) is 22.6 Å². The van der Waals surface area contributed by atoms with Crippen molar-refractivity contribution in [3.63, 3.8) is 0 Å². The molecule has 0 amide bonds. The second-order valence-corrected chi connectivity index (χ2v) is 4.03. The number of alkyl halides is 3. The Morgan fingerprint density at radius 2 is 2.23 bits per heavy atom. The molecule has 0 spiro atoms. The first kappa shape index (κ1) is 11.1. The normalized spacial score (nSPS) is 10.8. The fourth-order valence-electron chi connectivity index (χ4n) is 0.930. The van der Waals surface area contributed by atoms with Crippen LogP contribution >= 0.6 is 38.5 Å². The molecule has 0 radical (unpaired) electrons. The van der Waals surface area contributed by atoms with Gasteiger partial charge in [0.05, 0.1) is 5.56 Å². The Labute approximate surface area is 95.0 Å². The average Bonchev–Trinajstić information content (AvgIpc) is 2.01. The maximum atomic E-state index is 12.5. The van der Waals surface area contributed by atoms with E-state index in [1.165, 1.54) is 0 Å². The Balaban J connectivity index is 3.38. The highest BCUT2D eigenvalue weighted by molar-refractivity contribution is 14.1. The Morgan fingerprint density at radius 1 is 1.62 bits per heavy atom. The van der Waals surface area contributed by atoms with E-state index in [4.69, 9.17) is 0 Å². The summed E-state index contributed by atoms with van der Waals surface area (Å²) >= 11 is 4.77. The van der Waals surface area contributed by atoms with E-state index in [0.717, 1.165) is 6.07 Å². The lowest BCUT2D eigenvalue weighted by Crippen LogP contribution is -2.12. The molecule has 0 aromatic carbocycles. The molecule has 0 aliphatic carbocycles. The van der Waals surface area contributed by atoms with Crippen LogP contribution in [0.25, 0.3) is 0 Å². The largest absolute Gasteiger partial charge is 0.325 e. The molecular weight excluding hydrogens is 359 g/mol. The SMILES string of the molecule is O=c1cc(I)c(C(F)F)c(CBr)[nH]1. The maximum Gasteiger partial charge on any atom is 0.266 e. The molecule has 1 rings (SSSR count). The fraction of sp³-hybridized carbons (Fsp3) is 0.286. The maximum absolute atomic E-state index is 12.5. The molecule has 2 nitrogen and oxygen atoms in total. The Hall–Kier alpha value is 0.0200. The van der Waals surface area contributed by atoms with E-state index in [2.05, 4.69) is 20.9 Å². The summed E-state index contributed by atoms with van der Waals surface area (Å²) < 4.78 is 25.2. The molecule has 1 N–H and O–H groups in total. The predicted molar refractivity (Wildman–Crippen MR) is 57.4 cm³/mol. The lowest BCUT2D eigenvalue weighted by molar-refractivity contribution is 0.149. The summed E-state index contributed by atoms with van der Waals surface area (Å²) in [6.45, 7) is 0. The molecule has 0 atom stereocenters. The monoisotopic (exact) mass is 363 g/mol. The van der Waals surface area contributed by atoms with Crippen LogP contribution in [0.2, 0.25) is 0 Å². The lowest BCUT2D eigenvalue weighted by Gasteiger charge is -2.07. The molecule has 1 aromatic rings. The first-order chi connectivity index (χ1) is 6.06. The first-order valence-electron chi connectivity index (χ1n) is 3.32. The minimum Gasteiger partial charge on any atom is -0.325 e. The zero-order valence-electron chi connectivity index (χ0n) is 6.28. The van der Waals surface area contributed by atoms with Crippen molar-refractivity contribution in [3.8, 4) is 0 Å². The predicted octanol–water partition coefficient (Wildman–Crippen LogP) is 2.81. The Morgan fingerprint density at radius 3 is 2.69 bits per heavy atom. The van der Waals surface area contributed by atoms with Crippen LogP contribution < -0.4 is 5.56 Å². The van der Waals surface area contributed by atoms with Gasteiger partial charge in [0.25, 0.3) is 6.43 Å². The zero-order valence-corrected chi connectivity index (χ0v) is 10.0. The van der Waals surface area contributed by atoms with Crippen LogP contribution in [0, 0.1) is 3.57 Å². The van der Waals surface area contributed by atoms with E-state index in [1.54, 1.807) is 22.6 Å². The molecule has 0 bridgehead atoms. The Bertz CT molecular complexity index is 366. The van der Waals surface area contributed by atoms with Crippen LogP contribution in [0.15, 0.2) is 10.9 Å². The minimum atomic E-state index is -2.56. The summed E-state index contributed by atoms with van der Waals surface area (Å²) in [7, 11) is 0. The zero-order chi connectivity index (χ0) is 10.0. The summed E-state index contributed by atoms with van der Waals surface area (Å²) in [6.07, 6.45) is -2.56. The van der Waals surface area contributed by atoms with E-state index in [-0.39, 0.29) is 22.1 Å². The van der Waals surface area contributed by atoms with E-state index in [0.29, 0.717) is 3.57 Å². The molecule has 13 heavy (non-hydrogen) atoms. The van der Waals surface area contributed by atoms with Crippen LogP contribution in [0.5, 0.6) is 0 Å². The highest BCUT2D eigenvalue weighted by Gasteiger charge is 2.17. The molecule has 1 aromatic heterocycles. The number of aromatic amines is 1. The van der Waals surface area contributed by atoms with E-state index < -0.39 is 6.43 Å². The van der Waals surface area contributed by atoms with Crippen LogP contribution in [0.1, 0.15) is 17.7 Å². The van der Waals surface area contributed by atoms with Crippen molar-refractivity contribution in [2.75, 3.05) is 0 Å². The molecular formula is C7H5BrF2INO. The number of nitrogens with one attached hydrogen (secondary N) is 1. The van der Waals surface area contributed by atoms with Crippen molar-refractivity contribution in [1.29, 1.82) is 0 Å². The number of halogens is 4. The summed E-state index contributed by atoms with van der Waals surface area (Å²) in [4.78, 5) is 13.3. The minimum absolute atomic E-state index is 0.0999. The molecule has 72 valence electrons. The summed E-state index contributed by atoms with van der Waals surface area (Å²) in [6, 6.07) is 1.16. The molecule has 0 aliphatic rings. The second kappa shape index (κ2) is 4.50. The van der Waals surface area contributed by atoms with Crippen molar-refractivity contribution >= 4 is 38.5 Å². The van der Waals surface area contributed by atoms with E-state index >= 15 is 0 Å². The molecule has 6 heteroatoms. The molecule has 0 unspecified atom stereocenters. The van der Waals surface area contributed by atoms with Crippen LogP contribution in [0.3, 0.4) is 0 Å². The lowest BCUT2D eigenvalue weighted by atomic mass is 10.2. The van der Waals surface area contributed by atoms with Gasteiger partial charge in [-0.2, -0.15) is 0 Å². The third-order valence-electron chi connectivity index (χ3n) is 1.47. The Kier molecular flexibility index (Phi) is 3.84. The van der Waals surface area contributed by atoms with Crippen molar-refractivity contribution in [3.05, 3.63) is 31.2 Å². The van der Waals surface area contributed by atoms with Crippen molar-refractivity contribution in [2.45, 2.75) is 11.8 Å². The van der Waals surface area contributed by atoms with Gasteiger partial charge in [-0.15, -0.1) is 0 Å². The number of H-pyrrole nitrogens is 1. The number of hydrogen-bond donors (Lipinski definition) is 1. The third-order valence-corrected chi connectivity index (χ3v) is 2.92. The standard InChI is InChI=1S/C7H5BrF2INO/c8-2-4-6(7(9)10)3(11)1-5(13)12-4/h1,7H,2H2,(H,12,13). The van der Waals surface area contributed by atoms with Gasteiger partial charge in [0.2, 0.25) is 5.56 Å². The number of aromatic nitrogens is 1. The molecule has 1 heterocycles. The van der Waals surface area contributed by atoms with Gasteiger partial charge >= 0.3 is 0 Å². The van der Waals surface area contributed by atoms with Crippen molar-refractivity contribution < 1.29 is 8.78 Å². The molecule has 0 aliphatic heterocycles. The number of pyridine rings is 1. The van der Waals surface area contributed by atoms with Gasteiger partial charge in [0.1, 0.15) is 0 Å². The van der Waals surface area contributed by atoms with Gasteiger partial charge in [-0.25, -0.2) is 8.78 Å². The van der Waals surface area contributed by atoms with Crippen molar-refractivity contribution in [1.82, 2.24) is 4.98 Å². The summed E-state index contributed by atoms with van der Waals surface area (Å²) in [5, 5.41) is 0.221. The van der Waals surface area contributed by atoms with E-state index in [1.807, 2.05) is 0 Å². The number of hydrogen-bond acceptors (Lipinski definition) is 1. The molecule has 0 saturated heterocycles. The highest BCUT2D eigenvalue weighted by atomic mass is 127. The van der Waals surface area contributed by atoms with Gasteiger partial charge in [0, 0.05) is 20.7 Å². The van der Waals surface area contributed by atoms with Crippen LogP contribution in [-0.4, -0.2) is 4.98 Å². The topological polar surface area (TPSA) is 32.9 Å². The van der Waals surface area contributed by atoms with Gasteiger partial charge in [-0.3, -0.25) is 4.79 Å². The smallest absolute Gasteiger partial charge is 0.266 e. The van der Waals surface area contributed by atoms with Crippen molar-refractivity contribution in [2.24, 2.45) is 0 Å². The van der Waals surface area contributed by atoms with Crippen LogP contribution in [-0.2, 0) is 5.33 Å². The van der Waals surface area contributed by atoms with E-state index in [9.17, 15) is 13.6 Å². The summed E-state index contributed by atoms with van der Waals surface area (Å²) in [5.74, 6) is 0. The first-order valence-corrected chi connectivity index (χ1v) is 5.52. The molecule has 0 fully saturated rings. The number of rotatable bonds is 2. The van der Waals surface area contributed by atoms with Gasteiger partial charge < -0.3 is 4.98 Å². The highest BCUT2D eigenvalue weighted by Crippen LogP contribution is 2.26. The summed E-state index contributed by atoms with van der Waals surface area (Å²) in [5.41, 5.74) is -0.216. The van der Waals surface area contributed by atoms with Gasteiger partial charge in [-0.1, -0.05) is 15.9 Å². The second-order valence-electron chi connectivity index (χ2n) is 2.31.